The highest BCUT2D eigenvalue weighted by Gasteiger charge is 2.09. The van der Waals surface area contributed by atoms with Crippen molar-refractivity contribution in [3.63, 3.8) is 0 Å². The highest BCUT2D eigenvalue weighted by Crippen LogP contribution is 2.29. The van der Waals surface area contributed by atoms with Crippen LogP contribution in [-0.2, 0) is 6.42 Å². The van der Waals surface area contributed by atoms with Crippen LogP contribution in [0.15, 0.2) is 22.6 Å². The molecule has 7 heteroatoms. The van der Waals surface area contributed by atoms with Crippen molar-refractivity contribution in [1.82, 2.24) is 10.2 Å². The Bertz CT molecular complexity index is 531. The summed E-state index contributed by atoms with van der Waals surface area (Å²) in [6, 6.07) is 5.47. The van der Waals surface area contributed by atoms with Gasteiger partial charge in [0, 0.05) is 17.3 Å². The number of halogens is 2. The average molecular weight is 288 g/mol. The largest absolute Gasteiger partial charge is 0.495 e. The number of aromatic nitrogens is 2. The molecule has 2 rings (SSSR count). The molecule has 0 fully saturated rings. The van der Waals surface area contributed by atoms with E-state index >= 15 is 0 Å². The monoisotopic (exact) mass is 287 g/mol. The smallest absolute Gasteiger partial charge is 0.320 e. The Morgan fingerprint density at radius 1 is 1.39 bits per heavy atom. The summed E-state index contributed by atoms with van der Waals surface area (Å²) in [5.74, 6) is 1.55. The highest BCUT2D eigenvalue weighted by molar-refractivity contribution is 6.30. The Kier molecular flexibility index (Phi) is 4.28. The van der Waals surface area contributed by atoms with Crippen LogP contribution in [0.3, 0.4) is 0 Å². The molecule has 96 valence electrons. The summed E-state index contributed by atoms with van der Waals surface area (Å²) in [5.41, 5.74) is 0.658. The second-order valence-corrected chi connectivity index (χ2v) is 4.22. The number of alkyl halides is 1. The van der Waals surface area contributed by atoms with Crippen molar-refractivity contribution in [1.29, 1.82) is 0 Å². The van der Waals surface area contributed by atoms with Gasteiger partial charge in [0.1, 0.15) is 5.75 Å². The van der Waals surface area contributed by atoms with Crippen molar-refractivity contribution < 1.29 is 9.15 Å². The molecular formula is C11H11Cl2N3O2. The van der Waals surface area contributed by atoms with Gasteiger partial charge in [-0.1, -0.05) is 16.7 Å². The summed E-state index contributed by atoms with van der Waals surface area (Å²) < 4.78 is 10.5. The normalized spacial score (nSPS) is 10.4. The lowest BCUT2D eigenvalue weighted by Crippen LogP contribution is -1.94. The molecule has 1 aromatic carbocycles. The molecule has 0 radical (unpaired) electrons. The van der Waals surface area contributed by atoms with E-state index in [1.165, 1.54) is 0 Å². The van der Waals surface area contributed by atoms with Crippen LogP contribution >= 0.6 is 23.2 Å². The fraction of sp³-hybridized carbons (Fsp3) is 0.273. The van der Waals surface area contributed by atoms with Gasteiger partial charge in [0.25, 0.3) is 0 Å². The third-order valence-corrected chi connectivity index (χ3v) is 2.60. The molecule has 0 aliphatic heterocycles. The van der Waals surface area contributed by atoms with Gasteiger partial charge in [-0.2, -0.15) is 0 Å². The van der Waals surface area contributed by atoms with Crippen LogP contribution in [0, 0.1) is 0 Å². The first kappa shape index (κ1) is 13.0. The lowest BCUT2D eigenvalue weighted by Gasteiger charge is -2.08. The Morgan fingerprint density at radius 3 is 2.94 bits per heavy atom. The van der Waals surface area contributed by atoms with Crippen LogP contribution in [0.25, 0.3) is 0 Å². The predicted molar refractivity (Wildman–Crippen MR) is 70.0 cm³/mol. The molecule has 1 N–H and O–H groups in total. The number of benzene rings is 1. The van der Waals surface area contributed by atoms with Crippen LogP contribution in [-0.4, -0.2) is 23.2 Å². The number of hydrogen-bond acceptors (Lipinski definition) is 5. The fourth-order valence-electron chi connectivity index (χ4n) is 1.38. The van der Waals surface area contributed by atoms with Crippen LogP contribution < -0.4 is 10.1 Å². The molecule has 1 aromatic heterocycles. The summed E-state index contributed by atoms with van der Waals surface area (Å²) in [6.45, 7) is 0. The first-order valence-corrected chi connectivity index (χ1v) is 6.13. The summed E-state index contributed by atoms with van der Waals surface area (Å²) in [6.07, 6.45) is 0.531. The number of rotatable bonds is 5. The number of hydrogen-bond donors (Lipinski definition) is 1. The van der Waals surface area contributed by atoms with Crippen molar-refractivity contribution >= 4 is 34.9 Å². The van der Waals surface area contributed by atoms with Gasteiger partial charge in [-0.3, -0.25) is 0 Å². The fourth-order valence-corrected chi connectivity index (χ4v) is 1.71. The van der Waals surface area contributed by atoms with E-state index in [-0.39, 0.29) is 6.01 Å². The zero-order valence-corrected chi connectivity index (χ0v) is 11.1. The third-order valence-electron chi connectivity index (χ3n) is 2.18. The quantitative estimate of drug-likeness (QED) is 0.856. The first-order chi connectivity index (χ1) is 8.72. The molecule has 1 heterocycles. The summed E-state index contributed by atoms with van der Waals surface area (Å²) in [7, 11) is 1.57. The molecule has 0 saturated heterocycles. The number of anilines is 2. The Labute approximate surface area is 114 Å². The molecule has 0 unspecified atom stereocenters. The van der Waals surface area contributed by atoms with E-state index < -0.39 is 0 Å². The van der Waals surface area contributed by atoms with Gasteiger partial charge in [0.2, 0.25) is 5.89 Å². The van der Waals surface area contributed by atoms with Crippen LogP contribution in [0.1, 0.15) is 5.89 Å². The molecule has 0 spiro atoms. The van der Waals surface area contributed by atoms with E-state index in [9.17, 15) is 0 Å². The lowest BCUT2D eigenvalue weighted by atomic mass is 10.3. The summed E-state index contributed by atoms with van der Waals surface area (Å²) in [4.78, 5) is 0. The van der Waals surface area contributed by atoms with Gasteiger partial charge in [0.15, 0.2) is 0 Å². The minimum absolute atomic E-state index is 0.274. The third kappa shape index (κ3) is 3.05. The maximum Gasteiger partial charge on any atom is 0.320 e. The number of aryl methyl sites for hydroxylation is 1. The molecule has 0 atom stereocenters. The summed E-state index contributed by atoms with van der Waals surface area (Å²) in [5, 5.41) is 11.2. The van der Waals surface area contributed by atoms with Crippen LogP contribution in [0.5, 0.6) is 5.75 Å². The Hall–Kier alpha value is -1.46. The Morgan fingerprint density at radius 2 is 2.22 bits per heavy atom. The van der Waals surface area contributed by atoms with Gasteiger partial charge in [-0.25, -0.2) is 0 Å². The zero-order valence-electron chi connectivity index (χ0n) is 9.61. The average Bonchev–Trinajstić information content (AvgIpc) is 2.77. The maximum atomic E-state index is 5.92. The van der Waals surface area contributed by atoms with E-state index in [0.29, 0.717) is 34.7 Å². The van der Waals surface area contributed by atoms with Gasteiger partial charge < -0.3 is 14.5 Å². The standard InChI is InChI=1S/C11H11Cl2N3O2/c1-17-9-3-2-7(13)6-8(9)14-11-16-15-10(18-11)4-5-12/h2-3,6H,4-5H2,1H3,(H,14,16). The lowest BCUT2D eigenvalue weighted by molar-refractivity contribution is 0.416. The zero-order chi connectivity index (χ0) is 13.0. The van der Waals surface area contributed by atoms with E-state index in [1.54, 1.807) is 25.3 Å². The number of methoxy groups -OCH3 is 1. The van der Waals surface area contributed by atoms with Crippen molar-refractivity contribution in [2.75, 3.05) is 18.3 Å². The topological polar surface area (TPSA) is 60.2 Å². The van der Waals surface area contributed by atoms with Gasteiger partial charge in [-0.15, -0.1) is 16.7 Å². The van der Waals surface area contributed by atoms with Crippen molar-refractivity contribution in [3.05, 3.63) is 29.1 Å². The van der Waals surface area contributed by atoms with E-state index in [0.717, 1.165) is 0 Å². The molecule has 18 heavy (non-hydrogen) atoms. The van der Waals surface area contributed by atoms with Gasteiger partial charge in [-0.05, 0) is 18.2 Å². The molecule has 0 aliphatic rings. The molecule has 0 bridgehead atoms. The van der Waals surface area contributed by atoms with Crippen molar-refractivity contribution in [3.8, 4) is 5.75 Å². The SMILES string of the molecule is COc1ccc(Cl)cc1Nc1nnc(CCCl)o1. The minimum Gasteiger partial charge on any atom is -0.495 e. The first-order valence-electron chi connectivity index (χ1n) is 5.22. The molecule has 2 aromatic rings. The second kappa shape index (κ2) is 5.93. The minimum atomic E-state index is 0.274. The Balaban J connectivity index is 2.19. The van der Waals surface area contributed by atoms with E-state index in [1.807, 2.05) is 0 Å². The van der Waals surface area contributed by atoms with E-state index in [2.05, 4.69) is 15.5 Å². The highest BCUT2D eigenvalue weighted by atomic mass is 35.5. The van der Waals surface area contributed by atoms with Crippen LogP contribution in [0.2, 0.25) is 5.02 Å². The van der Waals surface area contributed by atoms with Crippen molar-refractivity contribution in [2.24, 2.45) is 0 Å². The molecule has 0 saturated carbocycles. The maximum absolute atomic E-state index is 5.92. The molecule has 0 amide bonds. The van der Waals surface area contributed by atoms with Gasteiger partial charge in [0.05, 0.1) is 12.8 Å². The molecule has 0 aliphatic carbocycles. The number of ether oxygens (including phenoxy) is 1. The predicted octanol–water partition coefficient (Wildman–Crippen LogP) is 3.26. The second-order valence-electron chi connectivity index (χ2n) is 3.41. The van der Waals surface area contributed by atoms with Gasteiger partial charge >= 0.3 is 6.01 Å². The van der Waals surface area contributed by atoms with Crippen LogP contribution in [0.4, 0.5) is 11.7 Å². The molecule has 5 nitrogen and oxygen atoms in total. The summed E-state index contributed by atoms with van der Waals surface area (Å²) >= 11 is 11.5. The van der Waals surface area contributed by atoms with Crippen molar-refractivity contribution in [2.45, 2.75) is 6.42 Å². The van der Waals surface area contributed by atoms with E-state index in [4.69, 9.17) is 32.4 Å². The molecular weight excluding hydrogens is 277 g/mol. The number of nitrogens with one attached hydrogen (secondary N) is 1. The number of nitrogens with zero attached hydrogens (tertiary/aromatic N) is 2.